The van der Waals surface area contributed by atoms with Crippen molar-refractivity contribution in [2.45, 2.75) is 37.8 Å². The second-order valence-corrected chi connectivity index (χ2v) is 7.88. The molecule has 2 atom stereocenters. The second-order valence-electron chi connectivity index (χ2n) is 6.90. The third-order valence-electron chi connectivity index (χ3n) is 4.95. The van der Waals surface area contributed by atoms with Crippen LogP contribution in [0.2, 0.25) is 0 Å². The van der Waals surface area contributed by atoms with Crippen molar-refractivity contribution in [2.24, 2.45) is 0 Å². The van der Waals surface area contributed by atoms with Gasteiger partial charge in [-0.2, -0.15) is 0 Å². The van der Waals surface area contributed by atoms with Crippen LogP contribution < -0.4 is 10.6 Å². The Kier molecular flexibility index (Phi) is 4.59. The molecule has 3 aromatic rings. The molecule has 1 aliphatic carbocycles. The van der Waals surface area contributed by atoms with Gasteiger partial charge in [0.1, 0.15) is 0 Å². The largest absolute Gasteiger partial charge is 0.361 e. The van der Waals surface area contributed by atoms with Gasteiger partial charge in [0.2, 0.25) is 0 Å². The number of nitrogens with two attached hydrogens (primary N) is 1. The Bertz CT molecular complexity index is 851. The van der Waals surface area contributed by atoms with Gasteiger partial charge in [-0.1, -0.05) is 24.3 Å². The molecule has 2 aromatic heterocycles. The lowest BCUT2D eigenvalue weighted by atomic mass is 9.96. The number of thiophene rings is 1. The third kappa shape index (κ3) is 3.62. The minimum atomic E-state index is -0.0618. The number of quaternary nitrogens is 1. The highest BCUT2D eigenvalue weighted by Gasteiger charge is 2.28. The lowest BCUT2D eigenvalue weighted by Gasteiger charge is -2.17. The van der Waals surface area contributed by atoms with Gasteiger partial charge < -0.3 is 15.6 Å². The predicted molar refractivity (Wildman–Crippen MR) is 102 cm³/mol. The zero-order chi connectivity index (χ0) is 17.2. The van der Waals surface area contributed by atoms with Crippen molar-refractivity contribution in [3.05, 3.63) is 58.4 Å². The van der Waals surface area contributed by atoms with Crippen molar-refractivity contribution in [1.82, 2.24) is 10.3 Å². The van der Waals surface area contributed by atoms with Crippen LogP contribution in [0, 0.1) is 0 Å². The molecule has 0 aliphatic heterocycles. The summed E-state index contributed by atoms with van der Waals surface area (Å²) in [7, 11) is 0. The molecule has 1 aliphatic rings. The summed E-state index contributed by atoms with van der Waals surface area (Å²) < 4.78 is 0. The molecular weight excluding hydrogens is 330 g/mol. The Labute approximate surface area is 151 Å². The fourth-order valence-electron chi connectivity index (χ4n) is 3.28. The average Bonchev–Trinajstić information content (AvgIpc) is 3.12. The van der Waals surface area contributed by atoms with Crippen molar-refractivity contribution in [1.29, 1.82) is 0 Å². The van der Waals surface area contributed by atoms with Gasteiger partial charge in [0, 0.05) is 28.0 Å². The van der Waals surface area contributed by atoms with Gasteiger partial charge in [-0.25, -0.2) is 0 Å². The summed E-state index contributed by atoms with van der Waals surface area (Å²) in [6, 6.07) is 13.1. The normalized spacial score (nSPS) is 16.7. The summed E-state index contributed by atoms with van der Waals surface area (Å²) in [6.07, 6.45) is 4.38. The van der Waals surface area contributed by atoms with E-state index in [9.17, 15) is 4.79 Å². The molecule has 1 amide bonds. The van der Waals surface area contributed by atoms with Gasteiger partial charge in [-0.15, -0.1) is 11.3 Å². The van der Waals surface area contributed by atoms with Crippen LogP contribution >= 0.6 is 11.3 Å². The molecule has 1 saturated carbocycles. The second kappa shape index (κ2) is 7.02. The van der Waals surface area contributed by atoms with Gasteiger partial charge in [-0.3, -0.25) is 4.79 Å². The SMILES string of the molecule is C[C@H]([NH2+]C[C@@H](c1cccs1)c1c[nH]c2ccccc12)C(=O)NC1CC1. The molecule has 4 N–H and O–H groups in total. The number of rotatable bonds is 7. The minimum Gasteiger partial charge on any atom is -0.361 e. The topological polar surface area (TPSA) is 61.5 Å². The van der Waals surface area contributed by atoms with E-state index < -0.39 is 0 Å². The molecule has 2 heterocycles. The number of hydrogen-bond donors (Lipinski definition) is 3. The van der Waals surface area contributed by atoms with Crippen LogP contribution in [0.4, 0.5) is 0 Å². The maximum Gasteiger partial charge on any atom is 0.278 e. The van der Waals surface area contributed by atoms with Crippen LogP contribution in [-0.2, 0) is 4.79 Å². The van der Waals surface area contributed by atoms with Gasteiger partial charge in [0.15, 0.2) is 6.04 Å². The zero-order valence-electron chi connectivity index (χ0n) is 14.4. The number of nitrogens with one attached hydrogen (secondary N) is 2. The van der Waals surface area contributed by atoms with Crippen LogP contribution in [0.5, 0.6) is 0 Å². The molecule has 5 heteroatoms. The van der Waals surface area contributed by atoms with Crippen molar-refractivity contribution in [3.63, 3.8) is 0 Å². The summed E-state index contributed by atoms with van der Waals surface area (Å²) in [6.45, 7) is 2.86. The summed E-state index contributed by atoms with van der Waals surface area (Å²) in [5, 5.41) is 8.67. The standard InChI is InChI=1S/C20H23N3OS/c1-13(20(24)23-14-8-9-14)21-12-17(19-7-4-10-25-19)16-11-22-18-6-3-2-5-15(16)18/h2-7,10-11,13-14,17,21-22H,8-9,12H2,1H3,(H,23,24)/p+1/t13-,17+/m0/s1. The number of benzene rings is 1. The molecule has 1 fully saturated rings. The zero-order valence-corrected chi connectivity index (χ0v) is 15.2. The number of aromatic nitrogens is 1. The highest BCUT2D eigenvalue weighted by atomic mass is 32.1. The van der Waals surface area contributed by atoms with Crippen LogP contribution in [-0.4, -0.2) is 29.5 Å². The first-order valence-corrected chi connectivity index (χ1v) is 9.83. The maximum atomic E-state index is 12.2. The fraction of sp³-hybridized carbons (Fsp3) is 0.350. The molecule has 0 unspecified atom stereocenters. The Morgan fingerprint density at radius 3 is 2.92 bits per heavy atom. The van der Waals surface area contributed by atoms with Gasteiger partial charge >= 0.3 is 0 Å². The monoisotopic (exact) mass is 354 g/mol. The van der Waals surface area contributed by atoms with E-state index in [-0.39, 0.29) is 17.9 Å². The number of H-pyrrole nitrogens is 1. The number of fused-ring (bicyclic) bond motifs is 1. The summed E-state index contributed by atoms with van der Waals surface area (Å²) in [5.41, 5.74) is 2.47. The van der Waals surface area contributed by atoms with E-state index in [1.54, 1.807) is 11.3 Å². The Morgan fingerprint density at radius 2 is 2.16 bits per heavy atom. The maximum absolute atomic E-state index is 12.2. The predicted octanol–water partition coefficient (Wildman–Crippen LogP) is 2.59. The quantitative estimate of drug-likeness (QED) is 0.600. The third-order valence-corrected chi connectivity index (χ3v) is 5.93. The van der Waals surface area contributed by atoms with E-state index >= 15 is 0 Å². The van der Waals surface area contributed by atoms with Crippen LogP contribution in [0.1, 0.15) is 36.1 Å². The number of carbonyl (C=O) groups is 1. The minimum absolute atomic E-state index is 0.0618. The summed E-state index contributed by atoms with van der Waals surface area (Å²) >= 11 is 1.78. The van der Waals surface area contributed by atoms with Crippen LogP contribution in [0.25, 0.3) is 10.9 Å². The molecular formula is C20H24N3OS+. The highest BCUT2D eigenvalue weighted by molar-refractivity contribution is 7.10. The first-order chi connectivity index (χ1) is 12.2. The fourth-order valence-corrected chi connectivity index (χ4v) is 4.13. The number of hydrogen-bond acceptors (Lipinski definition) is 2. The molecule has 0 radical (unpaired) electrons. The van der Waals surface area contributed by atoms with E-state index in [2.05, 4.69) is 63.6 Å². The Balaban J connectivity index is 1.54. The van der Waals surface area contributed by atoms with Crippen LogP contribution in [0.15, 0.2) is 48.0 Å². The number of para-hydroxylation sites is 1. The summed E-state index contributed by atoms with van der Waals surface area (Å²) in [4.78, 5) is 17.0. The molecule has 0 spiro atoms. The number of aromatic amines is 1. The molecule has 25 heavy (non-hydrogen) atoms. The van der Waals surface area contributed by atoms with Gasteiger partial charge in [0.05, 0.1) is 12.5 Å². The number of carbonyl (C=O) groups excluding carboxylic acids is 1. The lowest BCUT2D eigenvalue weighted by Crippen LogP contribution is -2.92. The molecule has 4 nitrogen and oxygen atoms in total. The summed E-state index contributed by atoms with van der Waals surface area (Å²) in [5.74, 6) is 0.443. The van der Waals surface area contributed by atoms with Crippen molar-refractivity contribution in [2.75, 3.05) is 6.54 Å². The van der Waals surface area contributed by atoms with Crippen molar-refractivity contribution >= 4 is 28.1 Å². The van der Waals surface area contributed by atoms with E-state index in [0.29, 0.717) is 6.04 Å². The van der Waals surface area contributed by atoms with E-state index in [0.717, 1.165) is 19.4 Å². The molecule has 4 rings (SSSR count). The first kappa shape index (κ1) is 16.4. The average molecular weight is 354 g/mol. The van der Waals surface area contributed by atoms with Crippen LogP contribution in [0.3, 0.4) is 0 Å². The van der Waals surface area contributed by atoms with E-state index in [1.165, 1.54) is 21.3 Å². The highest BCUT2D eigenvalue weighted by Crippen LogP contribution is 2.32. The van der Waals surface area contributed by atoms with E-state index in [1.807, 2.05) is 6.92 Å². The molecule has 130 valence electrons. The lowest BCUT2D eigenvalue weighted by molar-refractivity contribution is -0.674. The first-order valence-electron chi connectivity index (χ1n) is 8.95. The Morgan fingerprint density at radius 1 is 1.32 bits per heavy atom. The van der Waals surface area contributed by atoms with Crippen molar-refractivity contribution < 1.29 is 10.1 Å². The van der Waals surface area contributed by atoms with E-state index in [4.69, 9.17) is 0 Å². The molecule has 0 bridgehead atoms. The van der Waals surface area contributed by atoms with Gasteiger partial charge in [-0.05, 0) is 42.8 Å². The molecule has 1 aromatic carbocycles. The Hall–Kier alpha value is -2.11. The molecule has 0 saturated heterocycles. The smallest absolute Gasteiger partial charge is 0.278 e. The number of amides is 1. The van der Waals surface area contributed by atoms with Gasteiger partial charge in [0.25, 0.3) is 5.91 Å². The van der Waals surface area contributed by atoms with Crippen molar-refractivity contribution in [3.8, 4) is 0 Å².